The number of hydrogen-bond acceptors (Lipinski definition) is 4. The van der Waals surface area contributed by atoms with E-state index in [0.717, 1.165) is 64.8 Å². The Morgan fingerprint density at radius 3 is 2.33 bits per heavy atom. The summed E-state index contributed by atoms with van der Waals surface area (Å²) in [6.07, 6.45) is 7.19. The third kappa shape index (κ3) is 4.41. The molecule has 5 heteroatoms. The zero-order valence-corrected chi connectivity index (χ0v) is 13.1. The van der Waals surface area contributed by atoms with E-state index >= 15 is 0 Å². The predicted molar refractivity (Wildman–Crippen MR) is 80.1 cm³/mol. The van der Waals surface area contributed by atoms with E-state index in [9.17, 15) is 4.79 Å². The fourth-order valence-electron chi connectivity index (χ4n) is 3.20. The summed E-state index contributed by atoms with van der Waals surface area (Å²) in [6, 6.07) is 0.448. The summed E-state index contributed by atoms with van der Waals surface area (Å²) in [6.45, 7) is 5.63. The number of rotatable bonds is 5. The molecule has 0 radical (unpaired) electrons. The Bertz CT molecular complexity index is 345. The van der Waals surface area contributed by atoms with Gasteiger partial charge in [-0.25, -0.2) is 0 Å². The SMILES string of the molecule is C[C@H](C(=O)NC1CC1)N1CCC(OC2CCOCC2)CC1. The van der Waals surface area contributed by atoms with Gasteiger partial charge in [0.15, 0.2) is 0 Å². The van der Waals surface area contributed by atoms with Gasteiger partial charge < -0.3 is 14.8 Å². The van der Waals surface area contributed by atoms with Crippen LogP contribution in [0.3, 0.4) is 0 Å². The largest absolute Gasteiger partial charge is 0.381 e. The first-order chi connectivity index (χ1) is 10.2. The lowest BCUT2D eigenvalue weighted by Gasteiger charge is -2.37. The molecule has 0 aromatic heterocycles. The number of nitrogens with one attached hydrogen (secondary N) is 1. The van der Waals surface area contributed by atoms with Crippen molar-refractivity contribution in [1.82, 2.24) is 10.2 Å². The molecule has 21 heavy (non-hydrogen) atoms. The van der Waals surface area contributed by atoms with Gasteiger partial charge in [-0.05, 0) is 45.4 Å². The molecule has 2 saturated heterocycles. The summed E-state index contributed by atoms with van der Waals surface area (Å²) < 4.78 is 11.6. The Hall–Kier alpha value is -0.650. The Kier molecular flexibility index (Phi) is 5.14. The van der Waals surface area contributed by atoms with Gasteiger partial charge in [0, 0.05) is 32.3 Å². The molecule has 120 valence electrons. The lowest BCUT2D eigenvalue weighted by Crippen LogP contribution is -2.50. The van der Waals surface area contributed by atoms with Gasteiger partial charge >= 0.3 is 0 Å². The molecule has 3 fully saturated rings. The summed E-state index contributed by atoms with van der Waals surface area (Å²) in [5.74, 6) is 0.196. The van der Waals surface area contributed by atoms with Crippen molar-refractivity contribution < 1.29 is 14.3 Å². The Balaban J connectivity index is 1.38. The first-order valence-electron chi connectivity index (χ1n) is 8.50. The van der Waals surface area contributed by atoms with Crippen molar-refractivity contribution in [2.24, 2.45) is 0 Å². The predicted octanol–water partition coefficient (Wildman–Crippen LogP) is 1.31. The summed E-state index contributed by atoms with van der Waals surface area (Å²) in [7, 11) is 0. The normalized spacial score (nSPS) is 27.5. The van der Waals surface area contributed by atoms with Gasteiger partial charge in [0.1, 0.15) is 0 Å². The standard InChI is InChI=1S/C16H28N2O3/c1-12(16(19)17-13-2-3-13)18-8-4-14(5-9-18)21-15-6-10-20-11-7-15/h12-15H,2-11H2,1H3,(H,17,19)/t12-/m1/s1. The van der Waals surface area contributed by atoms with Crippen LogP contribution in [-0.4, -0.2) is 61.4 Å². The number of piperidine rings is 1. The van der Waals surface area contributed by atoms with Gasteiger partial charge in [0.2, 0.25) is 5.91 Å². The van der Waals surface area contributed by atoms with Crippen molar-refractivity contribution >= 4 is 5.91 Å². The molecule has 0 aromatic rings. The third-order valence-electron chi connectivity index (χ3n) is 4.88. The topological polar surface area (TPSA) is 50.8 Å². The molecule has 0 spiro atoms. The number of carbonyl (C=O) groups is 1. The average Bonchev–Trinajstić information content (AvgIpc) is 3.32. The average molecular weight is 296 g/mol. The maximum absolute atomic E-state index is 12.1. The minimum atomic E-state index is -0.00497. The molecule has 3 rings (SSSR count). The molecular weight excluding hydrogens is 268 g/mol. The number of ether oxygens (including phenoxy) is 2. The van der Waals surface area contributed by atoms with Gasteiger partial charge in [0.25, 0.3) is 0 Å². The lowest BCUT2D eigenvalue weighted by atomic mass is 10.0. The van der Waals surface area contributed by atoms with E-state index in [2.05, 4.69) is 10.2 Å². The van der Waals surface area contributed by atoms with Crippen LogP contribution in [-0.2, 0) is 14.3 Å². The number of carbonyl (C=O) groups excluding carboxylic acids is 1. The molecule has 1 amide bonds. The molecule has 0 aromatic carbocycles. The maximum atomic E-state index is 12.1. The van der Waals surface area contributed by atoms with Crippen molar-refractivity contribution in [1.29, 1.82) is 0 Å². The number of likely N-dealkylation sites (tertiary alicyclic amines) is 1. The first-order valence-corrected chi connectivity index (χ1v) is 8.50. The smallest absolute Gasteiger partial charge is 0.237 e. The molecule has 0 unspecified atom stereocenters. The minimum absolute atomic E-state index is 0.00497. The highest BCUT2D eigenvalue weighted by Gasteiger charge is 2.31. The van der Waals surface area contributed by atoms with E-state index in [4.69, 9.17) is 9.47 Å². The van der Waals surface area contributed by atoms with E-state index in [1.165, 1.54) is 0 Å². The van der Waals surface area contributed by atoms with Crippen LogP contribution in [0.25, 0.3) is 0 Å². The second-order valence-electron chi connectivity index (χ2n) is 6.64. The van der Waals surface area contributed by atoms with Crippen molar-refractivity contribution in [3.63, 3.8) is 0 Å². The Morgan fingerprint density at radius 1 is 1.10 bits per heavy atom. The van der Waals surface area contributed by atoms with E-state index < -0.39 is 0 Å². The van der Waals surface area contributed by atoms with Crippen molar-refractivity contribution in [3.8, 4) is 0 Å². The molecule has 2 aliphatic heterocycles. The van der Waals surface area contributed by atoms with E-state index in [-0.39, 0.29) is 11.9 Å². The molecular formula is C16H28N2O3. The van der Waals surface area contributed by atoms with Gasteiger partial charge in [0.05, 0.1) is 18.2 Å². The van der Waals surface area contributed by atoms with Crippen LogP contribution in [0.4, 0.5) is 0 Å². The quantitative estimate of drug-likeness (QED) is 0.831. The van der Waals surface area contributed by atoms with Crippen molar-refractivity contribution in [3.05, 3.63) is 0 Å². The van der Waals surface area contributed by atoms with Crippen LogP contribution in [0, 0.1) is 0 Å². The summed E-state index contributed by atoms with van der Waals surface area (Å²) >= 11 is 0. The van der Waals surface area contributed by atoms with Gasteiger partial charge in [-0.2, -0.15) is 0 Å². The minimum Gasteiger partial charge on any atom is -0.381 e. The molecule has 0 bridgehead atoms. The van der Waals surface area contributed by atoms with Crippen LogP contribution in [0.15, 0.2) is 0 Å². The molecule has 2 heterocycles. The first kappa shape index (κ1) is 15.3. The highest BCUT2D eigenvalue weighted by atomic mass is 16.5. The monoisotopic (exact) mass is 296 g/mol. The van der Waals surface area contributed by atoms with Gasteiger partial charge in [-0.3, -0.25) is 9.69 Å². The summed E-state index contributed by atoms with van der Waals surface area (Å²) in [5, 5.41) is 3.10. The molecule has 5 nitrogen and oxygen atoms in total. The van der Waals surface area contributed by atoms with Crippen LogP contribution < -0.4 is 5.32 Å². The Morgan fingerprint density at radius 2 is 1.71 bits per heavy atom. The summed E-state index contributed by atoms with van der Waals surface area (Å²) in [5.41, 5.74) is 0. The fourth-order valence-corrected chi connectivity index (χ4v) is 3.20. The number of amides is 1. The zero-order valence-electron chi connectivity index (χ0n) is 13.1. The highest BCUT2D eigenvalue weighted by Crippen LogP contribution is 2.22. The zero-order chi connectivity index (χ0) is 14.7. The molecule has 3 aliphatic rings. The number of nitrogens with zero attached hydrogens (tertiary/aromatic N) is 1. The van der Waals surface area contributed by atoms with Crippen LogP contribution in [0.2, 0.25) is 0 Å². The van der Waals surface area contributed by atoms with Gasteiger partial charge in [-0.15, -0.1) is 0 Å². The molecule has 1 N–H and O–H groups in total. The van der Waals surface area contributed by atoms with E-state index in [0.29, 0.717) is 18.2 Å². The van der Waals surface area contributed by atoms with Crippen molar-refractivity contribution in [2.45, 2.75) is 69.7 Å². The third-order valence-corrected chi connectivity index (χ3v) is 4.88. The molecule has 1 aliphatic carbocycles. The molecule has 1 atom stereocenters. The van der Waals surface area contributed by atoms with E-state index in [1.807, 2.05) is 6.92 Å². The van der Waals surface area contributed by atoms with Gasteiger partial charge in [-0.1, -0.05) is 0 Å². The maximum Gasteiger partial charge on any atom is 0.237 e. The van der Waals surface area contributed by atoms with Crippen LogP contribution in [0.1, 0.15) is 45.4 Å². The van der Waals surface area contributed by atoms with Crippen LogP contribution in [0.5, 0.6) is 0 Å². The lowest BCUT2D eigenvalue weighted by molar-refractivity contribution is -0.128. The Labute approximate surface area is 127 Å². The second kappa shape index (κ2) is 7.07. The highest BCUT2D eigenvalue weighted by molar-refractivity contribution is 5.81. The van der Waals surface area contributed by atoms with Crippen molar-refractivity contribution in [2.75, 3.05) is 26.3 Å². The van der Waals surface area contributed by atoms with E-state index in [1.54, 1.807) is 0 Å². The fraction of sp³-hybridized carbons (Fsp3) is 0.938. The summed E-state index contributed by atoms with van der Waals surface area (Å²) in [4.78, 5) is 14.4. The molecule has 1 saturated carbocycles. The second-order valence-corrected chi connectivity index (χ2v) is 6.64. The van der Waals surface area contributed by atoms with Crippen LogP contribution >= 0.6 is 0 Å². The number of hydrogen-bond donors (Lipinski definition) is 1.